The Morgan fingerprint density at radius 1 is 1.05 bits per heavy atom. The Hall–Kier alpha value is -3.47. The highest BCUT2D eigenvalue weighted by Crippen LogP contribution is 2.46. The van der Waals surface area contributed by atoms with E-state index < -0.39 is 16.1 Å². The zero-order valence-electron chi connectivity index (χ0n) is 24.0. The lowest BCUT2D eigenvalue weighted by Crippen LogP contribution is -2.42. The van der Waals surface area contributed by atoms with E-state index in [-0.39, 0.29) is 23.6 Å². The monoisotopic (exact) mass is 588 g/mol. The van der Waals surface area contributed by atoms with Crippen molar-refractivity contribution in [2.45, 2.75) is 63.1 Å². The number of likely N-dealkylation sites (tertiary alicyclic amines) is 1. The topological polar surface area (TPSA) is 101 Å². The minimum absolute atomic E-state index is 0.0282. The zero-order chi connectivity index (χ0) is 29.2. The first-order valence-electron chi connectivity index (χ1n) is 14.8. The molecule has 1 aliphatic carbocycles. The molecule has 0 radical (unpaired) electrons. The van der Waals surface area contributed by atoms with Gasteiger partial charge in [-0.05, 0) is 54.5 Å². The highest BCUT2D eigenvalue weighted by atomic mass is 32.2. The number of morpholine rings is 1. The highest BCUT2D eigenvalue weighted by molar-refractivity contribution is 7.87. The minimum atomic E-state index is -3.95. The number of benzene rings is 2. The molecule has 2 saturated heterocycles. The second-order valence-corrected chi connectivity index (χ2v) is 14.1. The number of nitrogens with zero attached hydrogens (tertiary/aromatic N) is 3. The van der Waals surface area contributed by atoms with Crippen LogP contribution in [0.5, 0.6) is 0 Å². The Balaban J connectivity index is 1.40. The van der Waals surface area contributed by atoms with Crippen LogP contribution in [0.3, 0.4) is 0 Å². The summed E-state index contributed by atoms with van der Waals surface area (Å²) in [5.41, 5.74) is 6.23. The van der Waals surface area contributed by atoms with Gasteiger partial charge in [0.25, 0.3) is 11.8 Å². The first kappa shape index (κ1) is 27.4. The average Bonchev–Trinajstić information content (AvgIpc) is 3.67. The second-order valence-electron chi connectivity index (χ2n) is 12.2. The van der Waals surface area contributed by atoms with Crippen molar-refractivity contribution < 1.29 is 22.7 Å². The molecule has 4 heterocycles. The van der Waals surface area contributed by atoms with Crippen molar-refractivity contribution in [3.8, 4) is 11.3 Å². The lowest BCUT2D eigenvalue weighted by molar-refractivity contribution is -0.131. The molecule has 220 valence electrons. The van der Waals surface area contributed by atoms with E-state index in [1.807, 2.05) is 29.2 Å². The van der Waals surface area contributed by atoms with Crippen molar-refractivity contribution in [1.29, 1.82) is 0 Å². The van der Waals surface area contributed by atoms with E-state index in [4.69, 9.17) is 4.74 Å². The third-order valence-electron chi connectivity index (χ3n) is 9.39. The van der Waals surface area contributed by atoms with E-state index in [0.29, 0.717) is 31.2 Å². The number of nitrogens with one attached hydrogen (secondary N) is 1. The molecule has 1 N–H and O–H groups in total. The van der Waals surface area contributed by atoms with Gasteiger partial charge in [-0.3, -0.25) is 9.59 Å². The maximum Gasteiger partial charge on any atom is 0.303 e. The average molecular weight is 589 g/mol. The van der Waals surface area contributed by atoms with Crippen LogP contribution in [-0.4, -0.2) is 73.4 Å². The van der Waals surface area contributed by atoms with Gasteiger partial charge >= 0.3 is 10.2 Å². The van der Waals surface area contributed by atoms with E-state index in [1.165, 1.54) is 38.9 Å². The molecule has 2 amide bonds. The molecule has 3 aliphatic heterocycles. The third-order valence-corrected chi connectivity index (χ3v) is 10.8. The van der Waals surface area contributed by atoms with Crippen LogP contribution in [0.4, 0.5) is 0 Å². The van der Waals surface area contributed by atoms with Gasteiger partial charge in [-0.1, -0.05) is 49.6 Å². The molecule has 3 fully saturated rings. The van der Waals surface area contributed by atoms with Crippen molar-refractivity contribution >= 4 is 39.0 Å². The van der Waals surface area contributed by atoms with Crippen LogP contribution >= 0.6 is 0 Å². The summed E-state index contributed by atoms with van der Waals surface area (Å²) in [6.45, 7) is 1.56. The van der Waals surface area contributed by atoms with Crippen molar-refractivity contribution in [3.05, 3.63) is 64.7 Å². The van der Waals surface area contributed by atoms with E-state index in [2.05, 4.69) is 21.4 Å². The van der Waals surface area contributed by atoms with Crippen LogP contribution in [-0.2, 0) is 26.3 Å². The number of carbonyl (C=O) groups is 2. The van der Waals surface area contributed by atoms with Crippen LogP contribution in [0.2, 0.25) is 0 Å². The molecule has 0 spiro atoms. The highest BCUT2D eigenvalue weighted by Gasteiger charge is 2.42. The van der Waals surface area contributed by atoms with E-state index >= 15 is 0 Å². The van der Waals surface area contributed by atoms with Gasteiger partial charge in [-0.15, -0.1) is 0 Å². The van der Waals surface area contributed by atoms with Gasteiger partial charge in [0.05, 0.1) is 31.0 Å². The summed E-state index contributed by atoms with van der Waals surface area (Å²) >= 11 is 0. The summed E-state index contributed by atoms with van der Waals surface area (Å²) < 4.78 is 36.0. The van der Waals surface area contributed by atoms with Gasteiger partial charge in [0.2, 0.25) is 0 Å². The van der Waals surface area contributed by atoms with Crippen LogP contribution in [0.1, 0.15) is 65.9 Å². The fraction of sp³-hybridized carbons (Fsp3) is 0.438. The van der Waals surface area contributed by atoms with Gasteiger partial charge in [0.1, 0.15) is 0 Å². The number of hydrogen-bond acceptors (Lipinski definition) is 5. The summed E-state index contributed by atoms with van der Waals surface area (Å²) in [6, 6.07) is 13.8. The first-order chi connectivity index (χ1) is 20.2. The summed E-state index contributed by atoms with van der Waals surface area (Å²) in [5.74, 6) is -0.294. The number of carbonyl (C=O) groups excluding carboxylic acids is 2. The summed E-state index contributed by atoms with van der Waals surface area (Å²) in [7, 11) is -1.19. The van der Waals surface area contributed by atoms with Crippen LogP contribution in [0, 0.1) is 0 Å². The van der Waals surface area contributed by atoms with E-state index in [0.717, 1.165) is 51.3 Å². The molecule has 42 heavy (non-hydrogen) atoms. The normalized spacial score (nSPS) is 22.2. The molecule has 2 aromatic carbocycles. The zero-order valence-corrected chi connectivity index (χ0v) is 24.8. The fourth-order valence-electron chi connectivity index (χ4n) is 7.25. The largest absolute Gasteiger partial charge is 0.374 e. The number of amides is 2. The molecule has 0 unspecified atom stereocenters. The summed E-state index contributed by atoms with van der Waals surface area (Å²) in [6.07, 6.45) is 8.78. The molecule has 3 aromatic rings. The van der Waals surface area contributed by atoms with Gasteiger partial charge < -0.3 is 14.2 Å². The SMILES string of the molecule is CN(C)S(=O)(=O)NC(=O)c1ccc2c(C3CCCCC3)c3n(c2c1)CC(C(=O)N1C[C@@H]2C[C@H]1CO2)=Cc1ccccc1-3. The predicted octanol–water partition coefficient (Wildman–Crippen LogP) is 4.29. The quantitative estimate of drug-likeness (QED) is 0.479. The maximum atomic E-state index is 14.1. The Labute approximate surface area is 246 Å². The second kappa shape index (κ2) is 10.4. The minimum Gasteiger partial charge on any atom is -0.374 e. The van der Waals surface area contributed by atoms with Gasteiger partial charge in [0, 0.05) is 48.2 Å². The van der Waals surface area contributed by atoms with Crippen LogP contribution in [0.15, 0.2) is 48.0 Å². The number of rotatable bonds is 5. The first-order valence-corrected chi connectivity index (χ1v) is 16.3. The lowest BCUT2D eigenvalue weighted by atomic mass is 9.81. The Kier molecular flexibility index (Phi) is 6.75. The van der Waals surface area contributed by atoms with E-state index in [9.17, 15) is 18.0 Å². The molecule has 2 atom stereocenters. The third kappa shape index (κ3) is 4.56. The van der Waals surface area contributed by atoms with Gasteiger partial charge in [-0.2, -0.15) is 12.7 Å². The summed E-state index contributed by atoms with van der Waals surface area (Å²) in [5, 5.41) is 1.06. The molecular weight excluding hydrogens is 552 g/mol. The van der Waals surface area contributed by atoms with Crippen LogP contribution in [0.25, 0.3) is 28.2 Å². The standard InChI is InChI=1S/C32H36N4O5S/c1-34(2)42(39,40)33-31(37)22-12-13-27-28(15-22)36-17-23(32(38)35-18-25-16-24(35)19-41-25)14-21-10-6-7-11-26(21)30(36)29(27)20-8-4-3-5-9-20/h6-7,10-15,20,24-25H,3-5,8-9,16-19H2,1-2H3,(H,33,37)/t24-,25-/m0/s1. The Morgan fingerprint density at radius 2 is 1.83 bits per heavy atom. The predicted molar refractivity (Wildman–Crippen MR) is 161 cm³/mol. The Bertz CT molecular complexity index is 1730. The number of fused-ring (bicyclic) bond motifs is 7. The van der Waals surface area contributed by atoms with Crippen molar-refractivity contribution in [3.63, 3.8) is 0 Å². The number of aromatic nitrogens is 1. The maximum absolute atomic E-state index is 14.1. The molecule has 7 rings (SSSR count). The number of hydrogen-bond donors (Lipinski definition) is 1. The lowest BCUT2D eigenvalue weighted by Gasteiger charge is -2.28. The molecule has 1 saturated carbocycles. The van der Waals surface area contributed by atoms with Gasteiger partial charge in [-0.25, -0.2) is 4.72 Å². The molecule has 1 aromatic heterocycles. The van der Waals surface area contributed by atoms with Crippen molar-refractivity contribution in [2.24, 2.45) is 0 Å². The van der Waals surface area contributed by atoms with Crippen LogP contribution < -0.4 is 4.72 Å². The fourth-order valence-corrected chi connectivity index (χ4v) is 7.78. The van der Waals surface area contributed by atoms with E-state index in [1.54, 1.807) is 12.1 Å². The summed E-state index contributed by atoms with van der Waals surface area (Å²) in [4.78, 5) is 29.2. The van der Waals surface area contributed by atoms with Crippen molar-refractivity contribution in [1.82, 2.24) is 18.5 Å². The Morgan fingerprint density at radius 3 is 2.55 bits per heavy atom. The van der Waals surface area contributed by atoms with Crippen molar-refractivity contribution in [2.75, 3.05) is 27.2 Å². The molecule has 2 bridgehead atoms. The molecule has 10 heteroatoms. The molecule has 4 aliphatic rings. The number of ether oxygens (including phenoxy) is 1. The van der Waals surface area contributed by atoms with Gasteiger partial charge in [0.15, 0.2) is 0 Å². The molecular formula is C32H36N4O5S. The smallest absolute Gasteiger partial charge is 0.303 e. The molecule has 9 nitrogen and oxygen atoms in total.